The molecule has 0 amide bonds. The lowest BCUT2D eigenvalue weighted by molar-refractivity contribution is 0.569. The molecule has 0 radical (unpaired) electrons. The van der Waals surface area contributed by atoms with Gasteiger partial charge in [0, 0.05) is 32.3 Å². The number of halogens is 1. The van der Waals surface area contributed by atoms with Crippen LogP contribution in [0.4, 0.5) is 34.1 Å². The van der Waals surface area contributed by atoms with E-state index in [0.717, 1.165) is 50.8 Å². The van der Waals surface area contributed by atoms with Gasteiger partial charge < -0.3 is 9.80 Å². The van der Waals surface area contributed by atoms with Gasteiger partial charge in [-0.05, 0) is 159 Å². The molecule has 0 aliphatic rings. The highest BCUT2D eigenvalue weighted by atomic mass is 35.5. The number of thiophene rings is 1. The zero-order valence-corrected chi connectivity index (χ0v) is 51.2. The molecule has 4 heteroatoms. The molecular weight excluding hydrogens is 1010 g/mol. The van der Waals surface area contributed by atoms with Crippen molar-refractivity contribution in [3.63, 3.8) is 0 Å². The van der Waals surface area contributed by atoms with Crippen LogP contribution in [0.1, 0.15) is 132 Å². The van der Waals surface area contributed by atoms with Crippen molar-refractivity contribution in [2.24, 2.45) is 0 Å². The van der Waals surface area contributed by atoms with Gasteiger partial charge in [-0.3, -0.25) is 0 Å². The van der Waals surface area contributed by atoms with E-state index in [1.54, 1.807) is 11.3 Å². The summed E-state index contributed by atoms with van der Waals surface area (Å²) in [5.41, 5.74) is 16.7. The number of para-hydroxylation sites is 1. The van der Waals surface area contributed by atoms with Crippen molar-refractivity contribution in [2.45, 2.75) is 131 Å². The number of anilines is 6. The molecule has 0 bridgehead atoms. The number of nitrogens with zero attached hydrogens (tertiary/aromatic N) is 2. The molecule has 0 aliphatic heterocycles. The lowest BCUT2D eigenvalue weighted by Crippen LogP contribution is -2.18. The van der Waals surface area contributed by atoms with Crippen LogP contribution in [0, 0.1) is 0 Å². The number of fused-ring (bicyclic) bond motifs is 7. The molecule has 0 saturated carbocycles. The van der Waals surface area contributed by atoms with E-state index in [1.165, 1.54) is 75.8 Å². The van der Waals surface area contributed by atoms with E-state index in [4.69, 9.17) is 11.6 Å². The molecule has 0 aliphatic carbocycles. The summed E-state index contributed by atoms with van der Waals surface area (Å²) in [4.78, 5) is 4.87. The molecule has 0 atom stereocenters. The molecule has 2 nitrogen and oxygen atoms in total. The van der Waals surface area contributed by atoms with E-state index in [1.807, 2.05) is 0 Å². The molecule has 11 rings (SSSR count). The average Bonchev–Trinajstić information content (AvgIpc) is 4.01. The van der Waals surface area contributed by atoms with E-state index in [2.05, 4.69) is 307 Å². The number of hydrogen-bond acceptors (Lipinski definition) is 3. The molecule has 10 aromatic carbocycles. The molecule has 404 valence electrons. The van der Waals surface area contributed by atoms with Gasteiger partial charge in [0.15, 0.2) is 0 Å². The summed E-state index contributed by atoms with van der Waals surface area (Å²) in [6.45, 7) is 34.6. The van der Waals surface area contributed by atoms with Gasteiger partial charge in [0.25, 0.3) is 0 Å². The third-order valence-corrected chi connectivity index (χ3v) is 17.7. The van der Waals surface area contributed by atoms with Crippen LogP contribution < -0.4 is 9.80 Å². The van der Waals surface area contributed by atoms with Gasteiger partial charge in [-0.2, -0.15) is 0 Å². The van der Waals surface area contributed by atoms with Crippen LogP contribution in [0.3, 0.4) is 0 Å². The van der Waals surface area contributed by atoms with E-state index in [0.29, 0.717) is 5.02 Å². The highest BCUT2D eigenvalue weighted by molar-refractivity contribution is 7.17. The second-order valence-corrected chi connectivity index (χ2v) is 28.6. The first-order valence-electron chi connectivity index (χ1n) is 28.5. The summed E-state index contributed by atoms with van der Waals surface area (Å²) in [5, 5.41) is 11.7. The Hall–Kier alpha value is -7.17. The summed E-state index contributed by atoms with van der Waals surface area (Å²) in [5.74, 6) is 0. The van der Waals surface area contributed by atoms with Crippen LogP contribution in [-0.4, -0.2) is 0 Å². The Bertz CT molecular complexity index is 4090. The van der Waals surface area contributed by atoms with Crippen molar-refractivity contribution in [3.8, 4) is 22.3 Å². The highest BCUT2D eigenvalue weighted by Gasteiger charge is 2.30. The van der Waals surface area contributed by atoms with E-state index in [9.17, 15) is 0 Å². The Kier molecular flexibility index (Phi) is 13.8. The zero-order chi connectivity index (χ0) is 56.8. The SMILES string of the molecule is CC(C)(C)c1ccc(N(c2ccc(C(C)(C)C)cc2-c2ccc3c4ccccc4c4ccccc4c3c2)c2cccc(N(c3ccccc3-c3cc(C(C)(C)C)cc(C(C)(C)C)c3)c3csc4ccc(C(C)(C)C)cc34)c2Cl)cc1. The maximum absolute atomic E-state index is 8.41. The quantitative estimate of drug-likeness (QED) is 0.140. The fraction of sp³-hybridized carbons (Fsp3) is 0.263. The number of rotatable bonds is 8. The molecule has 80 heavy (non-hydrogen) atoms. The van der Waals surface area contributed by atoms with Gasteiger partial charge in [0.1, 0.15) is 0 Å². The normalized spacial score (nSPS) is 12.8. The van der Waals surface area contributed by atoms with Crippen LogP contribution >= 0.6 is 22.9 Å². The minimum absolute atomic E-state index is 0.0391. The lowest BCUT2D eigenvalue weighted by atomic mass is 9.78. The standard InChI is InChI=1S/C76H77ClN2S/c1-72(2,3)50-32-36-55(37-33-50)78(66-39-34-51(73(4,5)6)45-62(66)48-31-38-61-59-26-17-16-24-57(59)58-25-18-19-27-60(58)63(61)43-48)67-29-22-30-68(71(67)77)79(69-47-80-70-40-35-52(46-64(69)70)74(7,8)9)65-28-21-20-23-56(65)49-41-53(75(10,11)12)44-54(42-49)76(13,14)15/h16-47H,1-15H3. The maximum atomic E-state index is 8.41. The predicted molar refractivity (Wildman–Crippen MR) is 353 cm³/mol. The minimum Gasteiger partial charge on any atom is -0.308 e. The summed E-state index contributed by atoms with van der Waals surface area (Å²) < 4.78 is 1.23. The molecule has 1 heterocycles. The Morgan fingerprint density at radius 2 is 0.762 bits per heavy atom. The largest absolute Gasteiger partial charge is 0.308 e. The fourth-order valence-corrected chi connectivity index (χ4v) is 12.7. The van der Waals surface area contributed by atoms with Crippen molar-refractivity contribution in [1.82, 2.24) is 0 Å². The van der Waals surface area contributed by atoms with Crippen LogP contribution in [0.5, 0.6) is 0 Å². The number of benzene rings is 10. The van der Waals surface area contributed by atoms with E-state index in [-0.39, 0.29) is 27.1 Å². The van der Waals surface area contributed by atoms with Gasteiger partial charge in [-0.25, -0.2) is 0 Å². The zero-order valence-electron chi connectivity index (χ0n) is 49.7. The Morgan fingerprint density at radius 3 is 1.34 bits per heavy atom. The van der Waals surface area contributed by atoms with Gasteiger partial charge >= 0.3 is 0 Å². The van der Waals surface area contributed by atoms with Crippen molar-refractivity contribution in [1.29, 1.82) is 0 Å². The van der Waals surface area contributed by atoms with Crippen molar-refractivity contribution in [3.05, 3.63) is 226 Å². The molecule has 0 saturated heterocycles. The molecule has 0 unspecified atom stereocenters. The first-order valence-corrected chi connectivity index (χ1v) is 29.8. The fourth-order valence-electron chi connectivity index (χ4n) is 11.5. The first-order chi connectivity index (χ1) is 37.8. The van der Waals surface area contributed by atoms with Gasteiger partial charge in [-0.15, -0.1) is 11.3 Å². The molecule has 11 aromatic rings. The number of hydrogen-bond donors (Lipinski definition) is 0. The first kappa shape index (κ1) is 54.8. The van der Waals surface area contributed by atoms with Crippen LogP contribution in [0.15, 0.2) is 193 Å². The monoisotopic (exact) mass is 1080 g/mol. The van der Waals surface area contributed by atoms with Gasteiger partial charge in [0.05, 0.1) is 33.5 Å². The van der Waals surface area contributed by atoms with Gasteiger partial charge in [-0.1, -0.05) is 243 Å². The summed E-state index contributed by atoms with van der Waals surface area (Å²) in [6, 6.07) is 70.9. The van der Waals surface area contributed by atoms with Crippen molar-refractivity contribution in [2.75, 3.05) is 9.80 Å². The maximum Gasteiger partial charge on any atom is 0.0887 e. The average molecular weight is 1090 g/mol. The summed E-state index contributed by atoms with van der Waals surface area (Å²) in [6.07, 6.45) is 0. The summed E-state index contributed by atoms with van der Waals surface area (Å²) in [7, 11) is 0. The third kappa shape index (κ3) is 10.2. The van der Waals surface area contributed by atoms with Crippen molar-refractivity contribution < 1.29 is 0 Å². The minimum atomic E-state index is -0.117. The smallest absolute Gasteiger partial charge is 0.0887 e. The predicted octanol–water partition coefficient (Wildman–Crippen LogP) is 23.8. The summed E-state index contributed by atoms with van der Waals surface area (Å²) >= 11 is 10.2. The van der Waals surface area contributed by atoms with Crippen LogP contribution in [-0.2, 0) is 27.1 Å². The molecular formula is C76H77ClN2S. The molecule has 1 aromatic heterocycles. The lowest BCUT2D eigenvalue weighted by Gasteiger charge is -2.34. The van der Waals surface area contributed by atoms with E-state index < -0.39 is 0 Å². The Labute approximate surface area is 485 Å². The molecule has 0 fully saturated rings. The Balaban J connectivity index is 1.20. The second-order valence-electron chi connectivity index (χ2n) is 27.3. The van der Waals surface area contributed by atoms with Crippen LogP contribution in [0.2, 0.25) is 5.02 Å². The molecule has 0 N–H and O–H groups in total. The van der Waals surface area contributed by atoms with Gasteiger partial charge in [0.2, 0.25) is 0 Å². The second kappa shape index (κ2) is 20.1. The third-order valence-electron chi connectivity index (χ3n) is 16.4. The Morgan fingerprint density at radius 1 is 0.300 bits per heavy atom. The van der Waals surface area contributed by atoms with Crippen molar-refractivity contribution >= 4 is 99.5 Å². The highest BCUT2D eigenvalue weighted by Crippen LogP contribution is 2.53. The topological polar surface area (TPSA) is 6.48 Å². The molecule has 0 spiro atoms. The van der Waals surface area contributed by atoms with Crippen LogP contribution in [0.25, 0.3) is 64.7 Å². The van der Waals surface area contributed by atoms with E-state index >= 15 is 0 Å².